The van der Waals surface area contributed by atoms with E-state index in [1.165, 1.54) is 0 Å². The van der Waals surface area contributed by atoms with E-state index >= 15 is 0 Å². The predicted octanol–water partition coefficient (Wildman–Crippen LogP) is 1.62. The summed E-state index contributed by atoms with van der Waals surface area (Å²) in [4.78, 5) is 2.00. The molecule has 0 amide bonds. The average Bonchev–Trinajstić information content (AvgIpc) is 2.38. The van der Waals surface area contributed by atoms with Gasteiger partial charge in [-0.25, -0.2) is 0 Å². The molecule has 0 heterocycles. The fourth-order valence-electron chi connectivity index (χ4n) is 1.74. The second-order valence-electron chi connectivity index (χ2n) is 4.62. The van der Waals surface area contributed by atoms with Crippen molar-refractivity contribution >= 4 is 11.4 Å². The second kappa shape index (κ2) is 7.24. The molecule has 0 fully saturated rings. The van der Waals surface area contributed by atoms with E-state index in [0.717, 1.165) is 5.69 Å². The van der Waals surface area contributed by atoms with E-state index in [-0.39, 0.29) is 12.2 Å². The van der Waals surface area contributed by atoms with E-state index in [0.29, 0.717) is 31.6 Å². The minimum atomic E-state index is -0.383. The Kier molecular flexibility index (Phi) is 5.95. The molecule has 0 radical (unpaired) electrons. The van der Waals surface area contributed by atoms with Crippen LogP contribution in [0.1, 0.15) is 26.7 Å². The van der Waals surface area contributed by atoms with Crippen molar-refractivity contribution in [1.82, 2.24) is 0 Å². The fraction of sp³-hybridized carbons (Fsp3) is 0.571. The zero-order valence-corrected chi connectivity index (χ0v) is 11.2. The summed E-state index contributed by atoms with van der Waals surface area (Å²) >= 11 is 0. The Balaban J connectivity index is 2.78. The molecule has 4 heteroatoms. The van der Waals surface area contributed by atoms with E-state index in [1.54, 1.807) is 0 Å². The molecule has 4 N–H and O–H groups in total. The Morgan fingerprint density at radius 1 is 1.00 bits per heavy atom. The highest BCUT2D eigenvalue weighted by Crippen LogP contribution is 2.18. The molecular weight excluding hydrogens is 228 g/mol. The minimum absolute atomic E-state index is 0.383. The van der Waals surface area contributed by atoms with Crippen LogP contribution in [0, 0.1) is 0 Å². The Hall–Kier alpha value is -1.26. The van der Waals surface area contributed by atoms with Crippen molar-refractivity contribution in [3.8, 4) is 0 Å². The van der Waals surface area contributed by atoms with Gasteiger partial charge in [-0.15, -0.1) is 0 Å². The van der Waals surface area contributed by atoms with Crippen molar-refractivity contribution in [2.75, 3.05) is 23.7 Å². The van der Waals surface area contributed by atoms with Gasteiger partial charge in [0.05, 0.1) is 12.2 Å². The first kappa shape index (κ1) is 14.8. The summed E-state index contributed by atoms with van der Waals surface area (Å²) in [5.74, 6) is 0. The van der Waals surface area contributed by atoms with Crippen molar-refractivity contribution in [2.24, 2.45) is 0 Å². The van der Waals surface area contributed by atoms with Crippen LogP contribution >= 0.6 is 0 Å². The Morgan fingerprint density at radius 2 is 1.44 bits per heavy atom. The SMILES string of the molecule is CCC(O)CN(CC(O)CC)c1ccc(N)cc1. The summed E-state index contributed by atoms with van der Waals surface area (Å²) in [5.41, 5.74) is 7.35. The molecular formula is C14H24N2O2. The van der Waals surface area contributed by atoms with Crippen molar-refractivity contribution < 1.29 is 10.2 Å². The molecule has 0 aliphatic heterocycles. The van der Waals surface area contributed by atoms with Crippen molar-refractivity contribution in [2.45, 2.75) is 38.9 Å². The summed E-state index contributed by atoms with van der Waals surface area (Å²) in [6.07, 6.45) is 0.639. The number of aliphatic hydroxyl groups is 2. The molecule has 18 heavy (non-hydrogen) atoms. The van der Waals surface area contributed by atoms with Crippen LogP contribution in [0.3, 0.4) is 0 Å². The van der Waals surface area contributed by atoms with Gasteiger partial charge in [0.25, 0.3) is 0 Å². The lowest BCUT2D eigenvalue weighted by atomic mass is 10.2. The molecule has 0 aliphatic carbocycles. The molecule has 0 saturated heterocycles. The number of hydrogen-bond acceptors (Lipinski definition) is 4. The smallest absolute Gasteiger partial charge is 0.0712 e. The van der Waals surface area contributed by atoms with Gasteiger partial charge in [0, 0.05) is 24.5 Å². The molecule has 1 aromatic rings. The Labute approximate surface area is 109 Å². The van der Waals surface area contributed by atoms with Crippen LogP contribution in [-0.4, -0.2) is 35.5 Å². The van der Waals surface area contributed by atoms with Gasteiger partial charge >= 0.3 is 0 Å². The lowest BCUT2D eigenvalue weighted by Gasteiger charge is -2.29. The molecule has 0 saturated carbocycles. The Morgan fingerprint density at radius 3 is 1.83 bits per heavy atom. The number of aliphatic hydroxyl groups excluding tert-OH is 2. The zero-order valence-electron chi connectivity index (χ0n) is 11.2. The van der Waals surface area contributed by atoms with Crippen LogP contribution < -0.4 is 10.6 Å². The number of benzene rings is 1. The van der Waals surface area contributed by atoms with Gasteiger partial charge in [-0.3, -0.25) is 0 Å². The molecule has 2 unspecified atom stereocenters. The number of hydrogen-bond donors (Lipinski definition) is 3. The Bertz CT molecular complexity index is 328. The third-order valence-corrected chi connectivity index (χ3v) is 3.06. The first-order chi connectivity index (χ1) is 8.56. The third kappa shape index (κ3) is 4.55. The van der Waals surface area contributed by atoms with E-state index in [1.807, 2.05) is 43.0 Å². The minimum Gasteiger partial charge on any atom is -0.399 e. The van der Waals surface area contributed by atoms with Gasteiger partial charge in [-0.1, -0.05) is 13.8 Å². The van der Waals surface area contributed by atoms with E-state index in [9.17, 15) is 10.2 Å². The molecule has 0 spiro atoms. The van der Waals surface area contributed by atoms with Crippen molar-refractivity contribution in [1.29, 1.82) is 0 Å². The van der Waals surface area contributed by atoms with Gasteiger partial charge in [0.2, 0.25) is 0 Å². The molecule has 102 valence electrons. The summed E-state index contributed by atoms with van der Waals surface area (Å²) in [7, 11) is 0. The summed E-state index contributed by atoms with van der Waals surface area (Å²) in [6.45, 7) is 4.94. The summed E-state index contributed by atoms with van der Waals surface area (Å²) in [6, 6.07) is 7.50. The van der Waals surface area contributed by atoms with Gasteiger partial charge in [-0.2, -0.15) is 0 Å². The van der Waals surface area contributed by atoms with Crippen LogP contribution in [0.4, 0.5) is 11.4 Å². The van der Waals surface area contributed by atoms with Crippen molar-refractivity contribution in [3.05, 3.63) is 24.3 Å². The third-order valence-electron chi connectivity index (χ3n) is 3.06. The quantitative estimate of drug-likeness (QED) is 0.645. The second-order valence-corrected chi connectivity index (χ2v) is 4.62. The highest BCUT2D eigenvalue weighted by Gasteiger charge is 2.14. The average molecular weight is 252 g/mol. The van der Waals surface area contributed by atoms with E-state index in [2.05, 4.69) is 0 Å². The van der Waals surface area contributed by atoms with Gasteiger partial charge in [0.1, 0.15) is 0 Å². The molecule has 0 aliphatic rings. The number of nitrogens with zero attached hydrogens (tertiary/aromatic N) is 1. The molecule has 0 aromatic heterocycles. The first-order valence-electron chi connectivity index (χ1n) is 6.53. The molecule has 2 atom stereocenters. The number of nitrogens with two attached hydrogens (primary N) is 1. The summed E-state index contributed by atoms with van der Waals surface area (Å²) < 4.78 is 0. The van der Waals surface area contributed by atoms with Gasteiger partial charge in [0.15, 0.2) is 0 Å². The topological polar surface area (TPSA) is 69.7 Å². The lowest BCUT2D eigenvalue weighted by molar-refractivity contribution is 0.154. The highest BCUT2D eigenvalue weighted by atomic mass is 16.3. The van der Waals surface area contributed by atoms with E-state index < -0.39 is 0 Å². The first-order valence-corrected chi connectivity index (χ1v) is 6.53. The fourth-order valence-corrected chi connectivity index (χ4v) is 1.74. The van der Waals surface area contributed by atoms with Crippen LogP contribution in [-0.2, 0) is 0 Å². The maximum atomic E-state index is 9.78. The molecule has 1 rings (SSSR count). The summed E-state index contributed by atoms with van der Waals surface area (Å²) in [5, 5.41) is 19.6. The number of nitrogen functional groups attached to an aromatic ring is 1. The van der Waals surface area contributed by atoms with Crippen LogP contribution in [0.5, 0.6) is 0 Å². The predicted molar refractivity (Wildman–Crippen MR) is 75.7 cm³/mol. The van der Waals surface area contributed by atoms with E-state index in [4.69, 9.17) is 5.73 Å². The normalized spacial score (nSPS) is 14.2. The number of rotatable bonds is 7. The standard InChI is InChI=1S/C14H24N2O2/c1-3-13(17)9-16(10-14(18)4-2)12-7-5-11(15)6-8-12/h5-8,13-14,17-18H,3-4,9-10,15H2,1-2H3. The lowest BCUT2D eigenvalue weighted by Crippen LogP contribution is -2.37. The largest absolute Gasteiger partial charge is 0.399 e. The zero-order chi connectivity index (χ0) is 13.5. The molecule has 0 bridgehead atoms. The maximum absolute atomic E-state index is 9.78. The molecule has 1 aromatic carbocycles. The van der Waals surface area contributed by atoms with Gasteiger partial charge in [-0.05, 0) is 37.1 Å². The van der Waals surface area contributed by atoms with Crippen LogP contribution in [0.25, 0.3) is 0 Å². The maximum Gasteiger partial charge on any atom is 0.0712 e. The van der Waals surface area contributed by atoms with Gasteiger partial charge < -0.3 is 20.8 Å². The highest BCUT2D eigenvalue weighted by molar-refractivity contribution is 5.53. The monoisotopic (exact) mass is 252 g/mol. The van der Waals surface area contributed by atoms with Crippen LogP contribution in [0.15, 0.2) is 24.3 Å². The number of anilines is 2. The molecule has 4 nitrogen and oxygen atoms in total. The van der Waals surface area contributed by atoms with Crippen LogP contribution in [0.2, 0.25) is 0 Å². The van der Waals surface area contributed by atoms with Crippen molar-refractivity contribution in [3.63, 3.8) is 0 Å².